The fourth-order valence-corrected chi connectivity index (χ4v) is 15.2. The molecule has 28 nitrogen and oxygen atoms in total. The van der Waals surface area contributed by atoms with Crippen LogP contribution in [0, 0.1) is 0 Å². The van der Waals surface area contributed by atoms with E-state index < -0.39 is 35.8 Å². The van der Waals surface area contributed by atoms with E-state index in [1.807, 2.05) is 243 Å². The van der Waals surface area contributed by atoms with E-state index in [4.69, 9.17) is 50.6 Å². The third-order valence-corrected chi connectivity index (χ3v) is 21.9. The molecule has 0 unspecified atom stereocenters. The summed E-state index contributed by atoms with van der Waals surface area (Å²) in [5.74, 6) is 26.7. The summed E-state index contributed by atoms with van der Waals surface area (Å²) in [6, 6.07) is 99.5. The van der Waals surface area contributed by atoms with Crippen LogP contribution < -0.4 is 55.5 Å². The highest BCUT2D eigenvalue weighted by Crippen LogP contribution is 2.33. The lowest BCUT2D eigenvalue weighted by atomic mass is 10.1. The molecule has 17 aromatic rings. The first-order valence-corrected chi connectivity index (χ1v) is 43.0. The molecular weight excluding hydrogens is 1730 g/mol. The Balaban J connectivity index is 0.000000139. The molecule has 0 spiro atoms. The van der Waals surface area contributed by atoms with Crippen LogP contribution in [0.5, 0.6) is 11.5 Å². The highest BCUT2D eigenvalue weighted by atomic mass is 16.7. The molecule has 12 aromatic carbocycles. The first kappa shape index (κ1) is 96.8. The van der Waals surface area contributed by atoms with Gasteiger partial charge in [-0.1, -0.05) is 152 Å². The van der Waals surface area contributed by atoms with E-state index in [1.54, 1.807) is 73.6 Å². The normalized spacial score (nSPS) is 11.5. The molecule has 0 aliphatic carbocycles. The lowest BCUT2D eigenvalue weighted by Crippen LogP contribution is -2.19. The van der Waals surface area contributed by atoms with Crippen LogP contribution >= 0.6 is 0 Å². The molecule has 0 bridgehead atoms. The number of anilines is 2. The predicted octanol–water partition coefficient (Wildman–Crippen LogP) is 17.5. The van der Waals surface area contributed by atoms with Gasteiger partial charge in [0.05, 0.1) is 25.3 Å². The lowest BCUT2D eigenvalue weighted by Gasteiger charge is -2.19. The number of carbonyl (C=O) groups excluding carboxylic acids is 7. The van der Waals surface area contributed by atoms with E-state index in [2.05, 4.69) is 125 Å². The number of aromatic nitrogens is 5. The Morgan fingerprint density at radius 2 is 0.642 bits per heavy atom. The Hall–Kier alpha value is -17.8. The lowest BCUT2D eigenvalue weighted by molar-refractivity contribution is -0.139. The predicted molar refractivity (Wildman–Crippen MR) is 535 cm³/mol. The van der Waals surface area contributed by atoms with Crippen molar-refractivity contribution in [3.8, 4) is 17.2 Å². The van der Waals surface area contributed by atoms with Crippen LogP contribution in [0.1, 0.15) is 71.6 Å². The first-order valence-electron chi connectivity index (χ1n) is 43.0. The summed E-state index contributed by atoms with van der Waals surface area (Å²) < 4.78 is 20.9. The Labute approximate surface area is 788 Å². The molecule has 1 aliphatic rings. The van der Waals surface area contributed by atoms with Crippen molar-refractivity contribution in [2.24, 2.45) is 35.4 Å². The molecule has 18 rings (SSSR count). The number of hydrogen-bond acceptors (Lipinski definition) is 23. The number of nitrogens with two attached hydrogens (primary N) is 7. The van der Waals surface area contributed by atoms with E-state index in [0.717, 1.165) is 137 Å². The fraction of sp³-hybridized carbons (Fsp3) is 0.0734. The van der Waals surface area contributed by atoms with E-state index in [9.17, 15) is 33.6 Å². The molecule has 0 saturated heterocycles. The average molecular weight is 1830 g/mol. The van der Waals surface area contributed by atoms with Crippen LogP contribution in [0.3, 0.4) is 0 Å². The van der Waals surface area contributed by atoms with Crippen LogP contribution in [-0.4, -0.2) is 85.3 Å². The molecule has 690 valence electrons. The number of nitrogen functional groups attached to an aromatic ring is 1. The number of benzene rings is 12. The number of para-hydroxylation sites is 1. The zero-order chi connectivity index (χ0) is 96.4. The topological polar surface area (TPSA) is 403 Å². The van der Waals surface area contributed by atoms with Crippen molar-refractivity contribution in [2.45, 2.75) is 32.6 Å². The fourth-order valence-electron chi connectivity index (χ4n) is 15.2. The van der Waals surface area contributed by atoms with Gasteiger partial charge >= 0.3 is 35.8 Å². The molecule has 137 heavy (non-hydrogen) atoms. The van der Waals surface area contributed by atoms with Gasteiger partial charge in [-0.3, -0.25) is 9.36 Å². The molecule has 0 saturated carbocycles. The number of hydrogen-bond donors (Lipinski definition) is 7. The van der Waals surface area contributed by atoms with E-state index in [0.29, 0.717) is 23.6 Å². The highest BCUT2D eigenvalue weighted by molar-refractivity contribution is 6.03. The zero-order valence-electron chi connectivity index (χ0n) is 74.8. The molecule has 0 amide bonds. The van der Waals surface area contributed by atoms with Gasteiger partial charge in [0, 0.05) is 166 Å². The van der Waals surface area contributed by atoms with Crippen LogP contribution in [0.15, 0.2) is 371 Å². The summed E-state index contributed by atoms with van der Waals surface area (Å²) in [6.45, 7) is 4.25. The summed E-state index contributed by atoms with van der Waals surface area (Å²) in [6.07, 6.45) is 28.7. The molecule has 5 aromatic heterocycles. The van der Waals surface area contributed by atoms with Crippen LogP contribution in [0.2, 0.25) is 0 Å². The van der Waals surface area contributed by atoms with Crippen molar-refractivity contribution < 1.29 is 72.1 Å². The minimum absolute atomic E-state index is 0.0874. The SMILES string of the molecule is COc1ccc(Cn2ccc3cc(/C=C/C(=O)ON)ccc32)cc1OC.NOC(=O)/C=C/c1ccc2c(c1)CCN2Cc1ccccc1.NOC(=O)/C=C/c1ccc2c(ccn2-c2ccccc2)c1.NOC(=O)/C=C/c1ccc2c(ccn2C(=O)c2ccccc2)c1.NOC(=O)/C=C/c1ccc2c(ccn2Cc2ccc(N)cc2)c1.NOC(=O)/C=C/c1ccc2c(ccn2Cc2ccccc2)c1. The minimum Gasteiger partial charge on any atom is -0.493 e. The Morgan fingerprint density at radius 3 is 1.07 bits per heavy atom. The maximum atomic E-state index is 12.5. The Bertz CT molecular complexity index is 7260. The van der Waals surface area contributed by atoms with Crippen LogP contribution in [0.25, 0.3) is 96.7 Å². The van der Waals surface area contributed by atoms with Gasteiger partial charge in [-0.25, -0.2) is 28.8 Å². The number of rotatable bonds is 24. The number of fused-ring (bicyclic) bond motifs is 6. The molecule has 0 radical (unpaired) electrons. The van der Waals surface area contributed by atoms with E-state index in [1.165, 1.54) is 64.4 Å². The molecular formula is C109H99N13O15. The molecule has 28 heteroatoms. The molecule has 14 N–H and O–H groups in total. The summed E-state index contributed by atoms with van der Waals surface area (Å²) in [5.41, 5.74) is 26.4. The largest absolute Gasteiger partial charge is 0.493 e. The van der Waals surface area contributed by atoms with Gasteiger partial charge in [-0.15, -0.1) is 0 Å². The van der Waals surface area contributed by atoms with E-state index >= 15 is 0 Å². The van der Waals surface area contributed by atoms with Crippen molar-refractivity contribution in [2.75, 3.05) is 31.4 Å². The smallest absolute Gasteiger partial charge is 0.349 e. The van der Waals surface area contributed by atoms with Crippen LogP contribution in [-0.2, 0) is 90.4 Å². The second kappa shape index (κ2) is 48.4. The number of carbonyl (C=O) groups is 7. The summed E-state index contributed by atoms with van der Waals surface area (Å²) in [4.78, 5) is 106. The second-order valence-corrected chi connectivity index (χ2v) is 30.9. The highest BCUT2D eigenvalue weighted by Gasteiger charge is 2.20. The van der Waals surface area contributed by atoms with Crippen molar-refractivity contribution in [3.63, 3.8) is 0 Å². The third-order valence-electron chi connectivity index (χ3n) is 21.9. The van der Waals surface area contributed by atoms with Crippen molar-refractivity contribution >= 4 is 144 Å². The quantitative estimate of drug-likeness (QED) is 0.0168. The molecule has 0 atom stereocenters. The maximum Gasteiger partial charge on any atom is 0.349 e. The number of ether oxygens (including phenoxy) is 2. The van der Waals surface area contributed by atoms with Gasteiger partial charge in [0.2, 0.25) is 0 Å². The average Bonchev–Trinajstić information content (AvgIpc) is 1.67. The summed E-state index contributed by atoms with van der Waals surface area (Å²) in [7, 11) is 3.25. The minimum atomic E-state index is -0.623. The van der Waals surface area contributed by atoms with Gasteiger partial charge in [0.1, 0.15) is 0 Å². The summed E-state index contributed by atoms with van der Waals surface area (Å²) in [5, 5.41) is 5.30. The molecule has 6 heterocycles. The summed E-state index contributed by atoms with van der Waals surface area (Å²) >= 11 is 0. The number of nitrogens with zero attached hydrogens (tertiary/aromatic N) is 6. The zero-order valence-corrected chi connectivity index (χ0v) is 74.8. The standard InChI is InChI=1S/C20H20N2O4.C18H17N3O2.C18H14N2O3.C18H18N2O2.C18H16N2O2.C17H14N2O2/c1-24-18-7-4-15(12-19(18)25-2)13-22-10-9-16-11-14(3-6-17(16)22)5-8-20(23)26-21;19-16-5-1-14(2-6-16)12-21-10-9-15-11-13(3-7-17(15)21)4-8-18(22)23-20;19-23-17(21)9-7-13-6-8-16-15(12-13)10-11-20(16)18(22)14-4-2-1-3-5-14;2*19-22-18(21)9-7-14-6-8-17-16(12-14)10-11-20(17)13-15-4-2-1-3-5-15;18-21-17(20)9-7-13-6-8-16-14(12-13)10-11-19(16)15-4-2-1-3-5-15/h3-12H,13,21H2,1-2H3;1-11H,12,19-20H2;1-12H,19H2;1-9,12H,10-11,13,19H2;1-12H,13,19H2;1-12H,18H2/b8-5+;8-4+;4*9-7+. The molecule has 0 fully saturated rings. The van der Waals surface area contributed by atoms with Crippen molar-refractivity contribution in [1.82, 2.24) is 22.8 Å². The third kappa shape index (κ3) is 27.0. The maximum absolute atomic E-state index is 12.5. The van der Waals surface area contributed by atoms with Gasteiger partial charge in [0.25, 0.3) is 5.91 Å². The van der Waals surface area contributed by atoms with Gasteiger partial charge in [-0.2, -0.15) is 35.4 Å². The van der Waals surface area contributed by atoms with Gasteiger partial charge < -0.3 is 67.4 Å². The Morgan fingerprint density at radius 1 is 0.307 bits per heavy atom. The number of methoxy groups -OCH3 is 2. The van der Waals surface area contributed by atoms with E-state index in [-0.39, 0.29) is 5.91 Å². The second-order valence-electron chi connectivity index (χ2n) is 30.9. The monoisotopic (exact) mass is 1830 g/mol. The van der Waals surface area contributed by atoms with Crippen molar-refractivity contribution in [3.05, 3.63) is 438 Å². The van der Waals surface area contributed by atoms with Crippen molar-refractivity contribution in [1.29, 1.82) is 0 Å². The van der Waals surface area contributed by atoms with Gasteiger partial charge in [0.15, 0.2) is 11.5 Å². The molecule has 1 aliphatic heterocycles. The van der Waals surface area contributed by atoms with Gasteiger partial charge in [-0.05, 0) is 256 Å². The van der Waals surface area contributed by atoms with Crippen LogP contribution in [0.4, 0.5) is 11.4 Å². The first-order chi connectivity index (χ1) is 66.8. The Kier molecular flexibility index (Phi) is 34.2.